The van der Waals surface area contributed by atoms with Gasteiger partial charge in [-0.1, -0.05) is 60.1 Å². The smallest absolute Gasteiger partial charge is 0.335 e. The summed E-state index contributed by atoms with van der Waals surface area (Å²) in [4.78, 5) is 28.1. The first-order valence-electron chi connectivity index (χ1n) is 30.7. The molecule has 0 unspecified atom stereocenters. The second-order valence-corrected chi connectivity index (χ2v) is 28.7. The number of carboxylic acids is 1. The summed E-state index contributed by atoms with van der Waals surface area (Å²) >= 11 is 0. The minimum atomic E-state index is -2.11. The zero-order valence-electron chi connectivity index (χ0n) is 50.2. The van der Waals surface area contributed by atoms with Crippen LogP contribution >= 0.6 is 0 Å². The monoisotopic (exact) mass is 1250 g/mol. The molecule has 498 valence electrons. The zero-order valence-corrected chi connectivity index (χ0v) is 50.2. The molecule has 5 aliphatic heterocycles. The van der Waals surface area contributed by atoms with Crippen molar-refractivity contribution in [2.45, 2.75) is 266 Å². The van der Waals surface area contributed by atoms with E-state index in [4.69, 9.17) is 47.4 Å². The molecule has 0 aromatic carbocycles. The molecule has 16 N–H and O–H groups in total. The van der Waals surface area contributed by atoms with Crippen LogP contribution in [0.25, 0.3) is 0 Å². The summed E-state index contributed by atoms with van der Waals surface area (Å²) in [6, 6.07) is 0. The molecule has 0 radical (unpaired) electrons. The van der Waals surface area contributed by atoms with Crippen molar-refractivity contribution < 1.29 is 139 Å². The third-order valence-corrected chi connectivity index (χ3v) is 23.1. The van der Waals surface area contributed by atoms with Gasteiger partial charge in [0.1, 0.15) is 110 Å². The number of carbonyl (C=O) groups is 2. The SMILES string of the molecule is CC1(C)CC[C@@]2(C(=O)O[C@@H]3O[C@H](CO[C@@H]4O[C@H](CO)[C@@H](O)[C@H](O)[C@H]4O)[C@@H](O)[C@H](O)[C@H]3O)CC[C@]3(C)C(=CC[C@@H]4[C@@]5(C)CC[C@@H](O[C@@H]6O[C@H](C(=O)O)[C@@H](O)[C@H](O[C@@H]7OC[C@H](O)[C@H](O)[C@H]7O)[C@H]6O[C@@H]6O[C@H](CO)[C@@H](O)[C@H](O)[C@H]6O)C(C)(C)[C@@H]5CC[C@]43C)[C@H]2C1. The van der Waals surface area contributed by atoms with Gasteiger partial charge in [-0.2, -0.15) is 0 Å². The van der Waals surface area contributed by atoms with E-state index in [1.165, 1.54) is 0 Å². The van der Waals surface area contributed by atoms with Gasteiger partial charge in [-0.25, -0.2) is 4.79 Å². The largest absolute Gasteiger partial charge is 0.479 e. The molecule has 5 heterocycles. The van der Waals surface area contributed by atoms with Crippen molar-refractivity contribution in [3.05, 3.63) is 11.6 Å². The van der Waals surface area contributed by atoms with Crippen LogP contribution in [-0.2, 0) is 57.0 Å². The summed E-state index contributed by atoms with van der Waals surface area (Å²) in [5.41, 5.74) is -1.95. The number of allylic oxidation sites excluding steroid dienone is 2. The van der Waals surface area contributed by atoms with Crippen LogP contribution in [-0.4, -0.2) is 274 Å². The van der Waals surface area contributed by atoms with Gasteiger partial charge in [-0.15, -0.1) is 0 Å². The second-order valence-electron chi connectivity index (χ2n) is 28.7. The molecule has 87 heavy (non-hydrogen) atoms. The molecule has 32 atom stereocenters. The Labute approximate surface area is 503 Å². The molecule has 9 fully saturated rings. The lowest BCUT2D eigenvalue weighted by Gasteiger charge is -2.71. The van der Waals surface area contributed by atoms with E-state index >= 15 is 4.79 Å². The Morgan fingerprint density at radius 1 is 0.552 bits per heavy atom. The Balaban J connectivity index is 0.894. The van der Waals surface area contributed by atoms with E-state index in [0.29, 0.717) is 57.8 Å². The van der Waals surface area contributed by atoms with E-state index in [9.17, 15) is 86.5 Å². The first-order valence-corrected chi connectivity index (χ1v) is 30.7. The number of hydrogen-bond acceptors (Lipinski definition) is 27. The number of aliphatic hydroxyl groups excluding tert-OH is 15. The molecule has 10 rings (SSSR count). The van der Waals surface area contributed by atoms with Crippen molar-refractivity contribution >= 4 is 11.9 Å². The van der Waals surface area contributed by atoms with Crippen LogP contribution in [0.15, 0.2) is 11.6 Å². The van der Waals surface area contributed by atoms with Gasteiger partial charge in [0.15, 0.2) is 31.3 Å². The highest BCUT2D eigenvalue weighted by Crippen LogP contribution is 2.76. The van der Waals surface area contributed by atoms with Gasteiger partial charge >= 0.3 is 11.9 Å². The number of hydrogen-bond donors (Lipinski definition) is 16. The molecular weight excluding hydrogens is 1160 g/mol. The topological polar surface area (TPSA) is 450 Å². The third-order valence-electron chi connectivity index (χ3n) is 23.1. The van der Waals surface area contributed by atoms with Gasteiger partial charge in [-0.05, 0) is 109 Å². The van der Waals surface area contributed by atoms with E-state index in [1.54, 1.807) is 0 Å². The minimum Gasteiger partial charge on any atom is -0.479 e. The van der Waals surface area contributed by atoms with Gasteiger partial charge in [0.25, 0.3) is 0 Å². The zero-order chi connectivity index (χ0) is 63.6. The van der Waals surface area contributed by atoms with Crippen LogP contribution in [0, 0.1) is 50.2 Å². The van der Waals surface area contributed by atoms with Crippen molar-refractivity contribution in [1.29, 1.82) is 0 Å². The van der Waals surface area contributed by atoms with Gasteiger partial charge in [-0.3, -0.25) is 4.79 Å². The fourth-order valence-electron chi connectivity index (χ4n) is 17.6. The number of esters is 1. The first kappa shape index (κ1) is 67.6. The normalized spacial score (nSPS) is 53.1. The van der Waals surface area contributed by atoms with Crippen LogP contribution < -0.4 is 0 Å². The first-order chi connectivity index (χ1) is 40.7. The van der Waals surface area contributed by atoms with E-state index in [-0.39, 0.29) is 34.0 Å². The lowest BCUT2D eigenvalue weighted by molar-refractivity contribution is -0.392. The second kappa shape index (κ2) is 24.9. The van der Waals surface area contributed by atoms with Crippen LogP contribution in [0.1, 0.15) is 113 Å². The summed E-state index contributed by atoms with van der Waals surface area (Å²) in [6.45, 7) is 12.8. The maximum Gasteiger partial charge on any atom is 0.335 e. The third kappa shape index (κ3) is 11.5. The van der Waals surface area contributed by atoms with Crippen molar-refractivity contribution in [2.75, 3.05) is 26.4 Å². The molecule has 5 aliphatic carbocycles. The summed E-state index contributed by atoms with van der Waals surface area (Å²) in [7, 11) is 0. The van der Waals surface area contributed by atoms with Crippen LogP contribution in [0.5, 0.6) is 0 Å². The van der Waals surface area contributed by atoms with E-state index in [0.717, 1.165) is 12.0 Å². The number of rotatable bonds is 14. The summed E-state index contributed by atoms with van der Waals surface area (Å²) < 4.78 is 59.7. The van der Waals surface area contributed by atoms with Gasteiger partial charge < -0.3 is 129 Å². The number of aliphatic carboxylic acids is 1. The van der Waals surface area contributed by atoms with Crippen molar-refractivity contribution in [1.82, 2.24) is 0 Å². The highest BCUT2D eigenvalue weighted by molar-refractivity contribution is 5.79. The Bertz CT molecular complexity index is 2470. The predicted octanol–water partition coefficient (Wildman–Crippen LogP) is -3.48. The van der Waals surface area contributed by atoms with E-state index in [2.05, 4.69) is 54.5 Å². The quantitative estimate of drug-likeness (QED) is 0.0456. The molecule has 28 nitrogen and oxygen atoms in total. The number of carbonyl (C=O) groups excluding carboxylic acids is 1. The number of fused-ring (bicyclic) bond motifs is 7. The average molecular weight is 1250 g/mol. The lowest BCUT2D eigenvalue weighted by atomic mass is 9.33. The Morgan fingerprint density at radius 3 is 1.75 bits per heavy atom. The molecule has 0 spiro atoms. The highest BCUT2D eigenvalue weighted by atomic mass is 16.8. The number of ether oxygens (including phenoxy) is 10. The molecule has 0 bridgehead atoms. The summed E-state index contributed by atoms with van der Waals surface area (Å²) in [6.07, 6.45) is -35.0. The molecule has 4 saturated carbocycles. The fraction of sp³-hybridized carbons (Fsp3) is 0.932. The molecule has 0 aromatic rings. The van der Waals surface area contributed by atoms with Crippen molar-refractivity contribution in [2.24, 2.45) is 50.2 Å². The Hall–Kier alpha value is -2.28. The Kier molecular flexibility index (Phi) is 19.3. The molecule has 5 saturated heterocycles. The van der Waals surface area contributed by atoms with E-state index in [1.807, 2.05) is 0 Å². The highest BCUT2D eigenvalue weighted by Gasteiger charge is 2.71. The average Bonchev–Trinajstić information content (AvgIpc) is 0.681. The standard InChI is InChI=1S/C59H94O28/c1-54(2)14-16-59(53(77)87-51-42(73)38(69)35(66)28(82-51)22-79-48-40(71)36(67)33(64)26(19-60)80-48)17-15-57(6)23(24(59)18-54)8-9-30-56(5)12-11-31(55(3,4)29(56)10-13-58(30,57)7)83-52-46(86-50-41(72)37(68)34(65)27(20-61)81-50)44(43(74)45(85-52)47(75)76)84-49-39(70)32(63)25(62)21-78-49/h8,24-46,48-52,60-74H,9-22H2,1-7H3,(H,75,76)/t24-,25+,26-,27-,28-,29+,30-,31-,32+,33-,34-,35-,36+,37+,38+,39-,40-,41-,42-,43+,44+,45+,46-,48-,49+,50+,51+,52-,56+,57-,58-,59-/m1/s1. The van der Waals surface area contributed by atoms with Crippen LogP contribution in [0.2, 0.25) is 0 Å². The maximum atomic E-state index is 15.2. The fourth-order valence-corrected chi connectivity index (χ4v) is 17.6. The summed E-state index contributed by atoms with van der Waals surface area (Å²) in [5, 5.41) is 171. The maximum absolute atomic E-state index is 15.2. The van der Waals surface area contributed by atoms with E-state index < -0.39 is 208 Å². The van der Waals surface area contributed by atoms with Gasteiger partial charge in [0.05, 0.1) is 37.9 Å². The number of carboxylic acid groups (broad SMARTS) is 1. The number of aliphatic hydroxyl groups is 15. The van der Waals surface area contributed by atoms with Gasteiger partial charge in [0.2, 0.25) is 6.29 Å². The van der Waals surface area contributed by atoms with Gasteiger partial charge in [0, 0.05) is 0 Å². The Morgan fingerprint density at radius 2 is 1.11 bits per heavy atom. The van der Waals surface area contributed by atoms with Crippen molar-refractivity contribution in [3.63, 3.8) is 0 Å². The van der Waals surface area contributed by atoms with Crippen LogP contribution in [0.3, 0.4) is 0 Å². The molecule has 0 amide bonds. The molecular formula is C59H94O28. The van der Waals surface area contributed by atoms with Crippen molar-refractivity contribution in [3.8, 4) is 0 Å². The summed E-state index contributed by atoms with van der Waals surface area (Å²) in [5.74, 6) is -2.54. The lowest BCUT2D eigenvalue weighted by Crippen LogP contribution is -2.68. The minimum absolute atomic E-state index is 0.0473. The molecule has 10 aliphatic rings. The predicted molar refractivity (Wildman–Crippen MR) is 290 cm³/mol. The van der Waals surface area contributed by atoms with Crippen LogP contribution in [0.4, 0.5) is 0 Å². The molecule has 28 heteroatoms. The molecule has 0 aromatic heterocycles.